The highest BCUT2D eigenvalue weighted by Crippen LogP contribution is 2.23. The third-order valence-electron chi connectivity index (χ3n) is 2.91. The van der Waals surface area contributed by atoms with Gasteiger partial charge in [0.15, 0.2) is 17.5 Å². The minimum Gasteiger partial charge on any atom is -0.323 e. The monoisotopic (exact) mass is 323 g/mol. The fourth-order valence-corrected chi connectivity index (χ4v) is 1.79. The molecule has 0 fully saturated rings. The maximum absolute atomic E-state index is 13.6. The van der Waals surface area contributed by atoms with Crippen LogP contribution in [0.4, 0.5) is 24.5 Å². The number of carbonyl (C=O) groups excluding carboxylic acids is 2. The molecule has 0 saturated carbocycles. The van der Waals surface area contributed by atoms with Crippen molar-refractivity contribution in [1.82, 2.24) is 0 Å². The van der Waals surface area contributed by atoms with E-state index in [1.807, 2.05) is 0 Å². The minimum absolute atomic E-state index is 0.156. The molecule has 2 aromatic rings. The van der Waals surface area contributed by atoms with E-state index in [1.54, 1.807) is 12.1 Å². The smallest absolute Gasteiger partial charge is 0.258 e. The van der Waals surface area contributed by atoms with E-state index in [-0.39, 0.29) is 17.9 Å². The summed E-state index contributed by atoms with van der Waals surface area (Å²) in [5, 5.41) is 4.77. The number of amides is 2. The van der Waals surface area contributed by atoms with Crippen LogP contribution >= 0.6 is 0 Å². The van der Waals surface area contributed by atoms with Crippen molar-refractivity contribution in [2.24, 2.45) is 5.73 Å². The number of benzene rings is 2. The Kier molecular flexibility index (Phi) is 4.97. The Morgan fingerprint density at radius 3 is 2.13 bits per heavy atom. The second-order valence-electron chi connectivity index (χ2n) is 4.47. The standard InChI is InChI=1S/C15H12F3N3O2/c16-9-6-5-8(13(17)14(9)18)15(23)21-11-4-2-1-3-10(11)20-12(22)7-19/h1-6H,7,19H2,(H,20,22)(H,21,23). The summed E-state index contributed by atoms with van der Waals surface area (Å²) in [5.41, 5.74) is 4.92. The Labute approximate surface area is 129 Å². The molecular weight excluding hydrogens is 311 g/mol. The number of carbonyl (C=O) groups is 2. The molecule has 2 aromatic carbocycles. The maximum Gasteiger partial charge on any atom is 0.258 e. The van der Waals surface area contributed by atoms with Crippen molar-refractivity contribution >= 4 is 23.2 Å². The first kappa shape index (κ1) is 16.5. The van der Waals surface area contributed by atoms with Crippen molar-refractivity contribution in [2.75, 3.05) is 17.2 Å². The normalized spacial score (nSPS) is 10.3. The van der Waals surface area contributed by atoms with Crippen molar-refractivity contribution in [1.29, 1.82) is 0 Å². The highest BCUT2D eigenvalue weighted by atomic mass is 19.2. The number of nitrogens with one attached hydrogen (secondary N) is 2. The predicted octanol–water partition coefficient (Wildman–Crippen LogP) is 2.25. The van der Waals surface area contributed by atoms with Gasteiger partial charge < -0.3 is 16.4 Å². The maximum atomic E-state index is 13.6. The molecule has 0 heterocycles. The Hall–Kier alpha value is -2.87. The van der Waals surface area contributed by atoms with E-state index in [4.69, 9.17) is 5.73 Å². The molecule has 0 bridgehead atoms. The van der Waals surface area contributed by atoms with Crippen LogP contribution in [0.25, 0.3) is 0 Å². The van der Waals surface area contributed by atoms with Crippen LogP contribution in [-0.2, 0) is 4.79 Å². The van der Waals surface area contributed by atoms with E-state index in [1.165, 1.54) is 12.1 Å². The van der Waals surface area contributed by atoms with Crippen molar-refractivity contribution < 1.29 is 22.8 Å². The molecule has 2 rings (SSSR count). The van der Waals surface area contributed by atoms with Crippen LogP contribution in [-0.4, -0.2) is 18.4 Å². The van der Waals surface area contributed by atoms with Crippen LogP contribution in [0.3, 0.4) is 0 Å². The second kappa shape index (κ2) is 6.93. The molecule has 8 heteroatoms. The van der Waals surface area contributed by atoms with E-state index < -0.39 is 34.8 Å². The highest BCUT2D eigenvalue weighted by molar-refractivity contribution is 6.07. The van der Waals surface area contributed by atoms with E-state index in [0.717, 1.165) is 6.07 Å². The summed E-state index contributed by atoms with van der Waals surface area (Å²) >= 11 is 0. The number of hydrogen-bond acceptors (Lipinski definition) is 3. The molecule has 0 aromatic heterocycles. The molecule has 5 nitrogen and oxygen atoms in total. The van der Waals surface area contributed by atoms with Gasteiger partial charge in [-0.3, -0.25) is 9.59 Å². The summed E-state index contributed by atoms with van der Waals surface area (Å²) in [6, 6.07) is 7.57. The summed E-state index contributed by atoms with van der Waals surface area (Å²) in [7, 11) is 0. The van der Waals surface area contributed by atoms with Crippen LogP contribution in [0, 0.1) is 17.5 Å². The molecule has 2 amide bonds. The number of anilines is 2. The van der Waals surface area contributed by atoms with Gasteiger partial charge in [0, 0.05) is 0 Å². The first-order chi connectivity index (χ1) is 10.9. The van der Waals surface area contributed by atoms with Crippen molar-refractivity contribution in [3.8, 4) is 0 Å². The molecule has 120 valence electrons. The van der Waals surface area contributed by atoms with E-state index in [0.29, 0.717) is 6.07 Å². The number of halogens is 3. The van der Waals surface area contributed by atoms with E-state index in [2.05, 4.69) is 10.6 Å². The molecule has 0 aliphatic carbocycles. The fourth-order valence-electron chi connectivity index (χ4n) is 1.79. The Morgan fingerprint density at radius 2 is 1.52 bits per heavy atom. The Balaban J connectivity index is 2.28. The lowest BCUT2D eigenvalue weighted by atomic mass is 10.1. The summed E-state index contributed by atoms with van der Waals surface area (Å²) in [6.07, 6.45) is 0. The zero-order chi connectivity index (χ0) is 17.0. The molecule has 0 spiro atoms. The van der Waals surface area contributed by atoms with Gasteiger partial charge in [0.1, 0.15) is 0 Å². The zero-order valence-corrected chi connectivity index (χ0v) is 11.7. The van der Waals surface area contributed by atoms with Gasteiger partial charge in [-0.1, -0.05) is 12.1 Å². The first-order valence-corrected chi connectivity index (χ1v) is 6.48. The van der Waals surface area contributed by atoms with Gasteiger partial charge in [0.2, 0.25) is 5.91 Å². The SMILES string of the molecule is NCC(=O)Nc1ccccc1NC(=O)c1ccc(F)c(F)c1F. The molecule has 23 heavy (non-hydrogen) atoms. The fraction of sp³-hybridized carbons (Fsp3) is 0.0667. The molecule has 0 atom stereocenters. The number of hydrogen-bond donors (Lipinski definition) is 3. The van der Waals surface area contributed by atoms with Crippen LogP contribution in [0.15, 0.2) is 36.4 Å². The molecule has 0 saturated heterocycles. The number of rotatable bonds is 4. The van der Waals surface area contributed by atoms with Gasteiger partial charge in [0.25, 0.3) is 5.91 Å². The van der Waals surface area contributed by atoms with Gasteiger partial charge in [-0.25, -0.2) is 13.2 Å². The lowest BCUT2D eigenvalue weighted by Crippen LogP contribution is -2.23. The summed E-state index contributed by atoms with van der Waals surface area (Å²) in [6.45, 7) is -0.264. The van der Waals surface area contributed by atoms with Crippen LogP contribution < -0.4 is 16.4 Å². The zero-order valence-electron chi connectivity index (χ0n) is 11.7. The van der Waals surface area contributed by atoms with Gasteiger partial charge in [-0.15, -0.1) is 0 Å². The Bertz CT molecular complexity index is 766. The summed E-state index contributed by atoms with van der Waals surface area (Å²) in [4.78, 5) is 23.4. The number of para-hydroxylation sites is 2. The quantitative estimate of drug-likeness (QED) is 0.755. The molecule has 0 unspecified atom stereocenters. The third-order valence-corrected chi connectivity index (χ3v) is 2.91. The van der Waals surface area contributed by atoms with Gasteiger partial charge >= 0.3 is 0 Å². The van der Waals surface area contributed by atoms with Crippen molar-refractivity contribution in [3.05, 3.63) is 59.4 Å². The summed E-state index contributed by atoms with van der Waals surface area (Å²) < 4.78 is 39.7. The van der Waals surface area contributed by atoms with Gasteiger partial charge in [-0.05, 0) is 24.3 Å². The topological polar surface area (TPSA) is 84.2 Å². The predicted molar refractivity (Wildman–Crippen MR) is 78.4 cm³/mol. The summed E-state index contributed by atoms with van der Waals surface area (Å²) in [5.74, 6) is -6.20. The van der Waals surface area contributed by atoms with E-state index >= 15 is 0 Å². The number of nitrogens with two attached hydrogens (primary N) is 1. The van der Waals surface area contributed by atoms with Gasteiger partial charge in [-0.2, -0.15) is 0 Å². The van der Waals surface area contributed by atoms with Gasteiger partial charge in [0.05, 0.1) is 23.5 Å². The van der Waals surface area contributed by atoms with Crippen LogP contribution in [0.2, 0.25) is 0 Å². The average molecular weight is 323 g/mol. The minimum atomic E-state index is -1.73. The average Bonchev–Trinajstić information content (AvgIpc) is 2.54. The molecule has 0 radical (unpaired) electrons. The molecule has 0 aliphatic heterocycles. The largest absolute Gasteiger partial charge is 0.323 e. The van der Waals surface area contributed by atoms with Crippen LogP contribution in [0.5, 0.6) is 0 Å². The van der Waals surface area contributed by atoms with Crippen LogP contribution in [0.1, 0.15) is 10.4 Å². The Morgan fingerprint density at radius 1 is 0.913 bits per heavy atom. The second-order valence-corrected chi connectivity index (χ2v) is 4.47. The highest BCUT2D eigenvalue weighted by Gasteiger charge is 2.19. The van der Waals surface area contributed by atoms with E-state index in [9.17, 15) is 22.8 Å². The van der Waals surface area contributed by atoms with Crippen molar-refractivity contribution in [2.45, 2.75) is 0 Å². The molecule has 0 aliphatic rings. The first-order valence-electron chi connectivity index (χ1n) is 6.48. The lowest BCUT2D eigenvalue weighted by Gasteiger charge is -2.12. The molecule has 4 N–H and O–H groups in total. The lowest BCUT2D eigenvalue weighted by molar-refractivity contribution is -0.114. The third kappa shape index (κ3) is 3.67. The molecular formula is C15H12F3N3O2. The van der Waals surface area contributed by atoms with Crippen molar-refractivity contribution in [3.63, 3.8) is 0 Å².